The molecular formula is C87H129ClN14O16Si. The number of hydrogen-bond acceptors (Lipinski definition) is 28. The van der Waals surface area contributed by atoms with Crippen molar-refractivity contribution in [1.82, 2.24) is 40.0 Å². The quantitative estimate of drug-likeness (QED) is 0.00638. The van der Waals surface area contributed by atoms with Crippen molar-refractivity contribution in [2.45, 2.75) is 167 Å². The van der Waals surface area contributed by atoms with Crippen LogP contribution in [0, 0.1) is 69.6 Å². The van der Waals surface area contributed by atoms with E-state index in [1.54, 1.807) is 33.5 Å². The minimum Gasteiger partial charge on any atom is -0.493 e. The van der Waals surface area contributed by atoms with Crippen molar-refractivity contribution in [1.29, 1.82) is 0 Å². The van der Waals surface area contributed by atoms with E-state index in [0.717, 1.165) is 207 Å². The van der Waals surface area contributed by atoms with Crippen molar-refractivity contribution in [3.63, 3.8) is 0 Å². The van der Waals surface area contributed by atoms with Gasteiger partial charge in [-0.15, -0.1) is 0 Å². The van der Waals surface area contributed by atoms with Crippen LogP contribution in [0.2, 0.25) is 24.9 Å². The molecule has 2 aromatic heterocycles. The summed E-state index contributed by atoms with van der Waals surface area (Å²) in [4.78, 5) is 45.9. The molecule has 32 heteroatoms. The molecular weight excluding hydrogens is 1560 g/mol. The molecule has 0 amide bonds. The van der Waals surface area contributed by atoms with Crippen molar-refractivity contribution < 1.29 is 66.4 Å². The number of non-ortho nitro benzene ring substituents is 2. The molecule has 6 N–H and O–H groups in total. The first kappa shape index (κ1) is 91.4. The second kappa shape index (κ2) is 45.5. The lowest BCUT2D eigenvalue weighted by Gasteiger charge is -2.25. The summed E-state index contributed by atoms with van der Waals surface area (Å²) in [5, 5.41) is 35.2. The van der Waals surface area contributed by atoms with Crippen molar-refractivity contribution in [3.05, 3.63) is 122 Å². The molecule has 4 aromatic carbocycles. The number of nitrogens with two attached hydrogens (primary N) is 1. The summed E-state index contributed by atoms with van der Waals surface area (Å²) >= 11 is 5.79. The lowest BCUT2D eigenvalue weighted by atomic mass is 10.0. The maximum Gasteiger partial charge on any atom is 0.273 e. The molecule has 6 saturated heterocycles. The second-order valence-electron chi connectivity index (χ2n) is 33.6. The Hall–Kier alpha value is -8.37. The Bertz CT molecular complexity index is 4120. The number of aryl methyl sites for hydroxylation is 2. The zero-order valence-electron chi connectivity index (χ0n) is 71.5. The number of ether oxygens (including phenoxy) is 11. The molecule has 4 atom stereocenters. The van der Waals surface area contributed by atoms with Crippen LogP contribution in [0.4, 0.5) is 40.3 Å². The summed E-state index contributed by atoms with van der Waals surface area (Å²) in [6.45, 7) is 30.0. The number of nitrogens with one attached hydrogen (secondary N) is 4. The molecule has 119 heavy (non-hydrogen) atoms. The number of nitrogens with zero attached hydrogens (tertiary/aromatic N) is 9. The van der Waals surface area contributed by atoms with E-state index in [0.29, 0.717) is 95.2 Å². The molecule has 0 radical (unpaired) electrons. The third kappa shape index (κ3) is 30.6. The monoisotopic (exact) mass is 1690 g/mol. The van der Waals surface area contributed by atoms with Crippen molar-refractivity contribution in [2.75, 3.05) is 175 Å². The van der Waals surface area contributed by atoms with Gasteiger partial charge in [-0.05, 0) is 216 Å². The van der Waals surface area contributed by atoms with Gasteiger partial charge in [0.05, 0.1) is 76.8 Å². The summed E-state index contributed by atoms with van der Waals surface area (Å²) in [5.41, 5.74) is 9.21. The van der Waals surface area contributed by atoms with E-state index in [4.69, 9.17) is 73.9 Å². The van der Waals surface area contributed by atoms with Gasteiger partial charge in [-0.3, -0.25) is 34.9 Å². The topological polar surface area (TPSA) is 332 Å². The van der Waals surface area contributed by atoms with Crippen LogP contribution in [0.5, 0.6) is 46.0 Å². The number of methoxy groups -OCH3 is 4. The molecule has 4 saturated carbocycles. The number of aromatic nitrogens is 4. The molecule has 4 aliphatic carbocycles. The Balaban J connectivity index is 0.000000145. The van der Waals surface area contributed by atoms with Crippen LogP contribution >= 0.6 is 11.6 Å². The average molecular weight is 1690 g/mol. The first-order chi connectivity index (χ1) is 57.5. The van der Waals surface area contributed by atoms with Gasteiger partial charge in [-0.1, -0.05) is 0 Å². The lowest BCUT2D eigenvalue weighted by molar-refractivity contribution is -0.385. The highest BCUT2D eigenvalue weighted by Gasteiger charge is 2.48. The molecule has 4 unspecified atom stereocenters. The third-order valence-electron chi connectivity index (χ3n) is 22.6. The molecule has 6 aliphatic heterocycles. The number of hydrogen-bond donors (Lipinski definition) is 5. The van der Waals surface area contributed by atoms with Crippen LogP contribution in [0.3, 0.4) is 0 Å². The maximum atomic E-state index is 10.8. The molecule has 0 bridgehead atoms. The van der Waals surface area contributed by atoms with Gasteiger partial charge in [0.25, 0.3) is 11.4 Å². The van der Waals surface area contributed by atoms with Gasteiger partial charge in [0, 0.05) is 186 Å². The van der Waals surface area contributed by atoms with E-state index < -0.39 is 18.2 Å². The first-order valence-electron chi connectivity index (χ1n) is 42.8. The van der Waals surface area contributed by atoms with Crippen molar-refractivity contribution in [2.24, 2.45) is 35.5 Å². The van der Waals surface area contributed by atoms with E-state index in [9.17, 15) is 20.2 Å². The normalized spacial score (nSPS) is 21.0. The number of nitro benzene ring substituents is 2. The van der Waals surface area contributed by atoms with Crippen LogP contribution in [0.15, 0.2) is 84.9 Å². The van der Waals surface area contributed by atoms with E-state index >= 15 is 0 Å². The highest BCUT2D eigenvalue weighted by molar-refractivity contribution is 6.69. The van der Waals surface area contributed by atoms with E-state index in [2.05, 4.69) is 75.5 Å². The summed E-state index contributed by atoms with van der Waals surface area (Å²) in [6.07, 6.45) is 19.4. The van der Waals surface area contributed by atoms with Crippen LogP contribution < -0.4 is 64.9 Å². The fourth-order valence-electron chi connectivity index (χ4n) is 15.5. The second-order valence-corrected chi connectivity index (χ2v) is 38.4. The molecule has 8 heterocycles. The van der Waals surface area contributed by atoms with Gasteiger partial charge < -0.3 is 83.5 Å². The number of rotatable bonds is 33. The smallest absolute Gasteiger partial charge is 0.273 e. The van der Waals surface area contributed by atoms with Gasteiger partial charge in [0.2, 0.25) is 11.2 Å². The third-order valence-corrected chi connectivity index (χ3v) is 23.7. The van der Waals surface area contributed by atoms with Crippen molar-refractivity contribution in [3.8, 4) is 46.0 Å². The largest absolute Gasteiger partial charge is 0.493 e. The van der Waals surface area contributed by atoms with E-state index in [-0.39, 0.29) is 17.2 Å². The fourth-order valence-corrected chi connectivity index (χ4v) is 17.1. The highest BCUT2D eigenvalue weighted by Crippen LogP contribution is 2.44. The molecule has 0 spiro atoms. The highest BCUT2D eigenvalue weighted by atomic mass is 35.5. The zero-order valence-corrected chi connectivity index (χ0v) is 73.3. The van der Waals surface area contributed by atoms with Gasteiger partial charge in [-0.25, -0.2) is 15.0 Å². The molecule has 10 fully saturated rings. The number of benzene rings is 4. The summed E-state index contributed by atoms with van der Waals surface area (Å²) < 4.78 is 67.0. The van der Waals surface area contributed by atoms with Crippen LogP contribution in [-0.4, -0.2) is 230 Å². The number of nitrogen functional groups attached to an aromatic ring is 1. The Labute approximate surface area is 708 Å². The summed E-state index contributed by atoms with van der Waals surface area (Å²) in [6, 6.07) is 26.6. The lowest BCUT2D eigenvalue weighted by Crippen LogP contribution is -2.34. The zero-order chi connectivity index (χ0) is 84.3. The molecule has 6 aromatic rings. The molecule has 30 nitrogen and oxygen atoms in total. The number of halogens is 1. The van der Waals surface area contributed by atoms with E-state index in [1.807, 2.05) is 69.3 Å². The average Bonchev–Trinajstić information content (AvgIpc) is 1.63. The number of nitro groups is 2. The van der Waals surface area contributed by atoms with Crippen LogP contribution in [0.25, 0.3) is 0 Å². The molecule has 16 rings (SSSR count). The Kier molecular flexibility index (Phi) is 34.9. The number of likely N-dealkylation sites (tertiary alicyclic amines) is 3. The Morgan fingerprint density at radius 3 is 1.34 bits per heavy atom. The fraction of sp³-hybridized carbons (Fsp3) is 0.632. The SMILES string of the molecule is CCOC1(O[Si](C)(C)C)CC1.COc1ccc(N)cc1OCC1CCN(C2CC2)C1.COc1ccc(Nc2nc(C)cc(NCC3CCOCC3)n2)cc1OCC1CCN(C2CC2)C1.COc1ccc([N+](=O)[O-])cc1OCC1CCN(C2CC2)C1.COc1ccc([N+](=O)[O-])cc1OCC1CCNC1.Cc1cc(NCC2CCOCC2)nc(Cl)n1. The van der Waals surface area contributed by atoms with Gasteiger partial charge in [0.1, 0.15) is 11.6 Å². The summed E-state index contributed by atoms with van der Waals surface area (Å²) in [5.74, 6) is 10.5. The van der Waals surface area contributed by atoms with Crippen molar-refractivity contribution >= 4 is 60.3 Å². The first-order valence-corrected chi connectivity index (χ1v) is 46.6. The van der Waals surface area contributed by atoms with Crippen LogP contribution in [-0.2, 0) is 18.6 Å². The van der Waals surface area contributed by atoms with Crippen LogP contribution in [0.1, 0.15) is 121 Å². The van der Waals surface area contributed by atoms with Gasteiger partial charge in [-0.2, -0.15) is 4.98 Å². The van der Waals surface area contributed by atoms with E-state index in [1.165, 1.54) is 102 Å². The predicted molar refractivity (Wildman–Crippen MR) is 465 cm³/mol. The summed E-state index contributed by atoms with van der Waals surface area (Å²) in [7, 11) is 5.00. The molecule has 654 valence electrons. The minimum atomic E-state index is -1.39. The predicted octanol–water partition coefficient (Wildman–Crippen LogP) is 15.1. The van der Waals surface area contributed by atoms with Gasteiger partial charge in [0.15, 0.2) is 60.1 Å². The van der Waals surface area contributed by atoms with Gasteiger partial charge >= 0.3 is 0 Å². The standard InChI is InChI=1S/C26H37N5O3.C15H20N2O4.C15H22N2O2.C12H16N2O4.C11H16ClN3O.C8H18O2Si/c1-18-13-25(27-15-19-8-11-33-12-9-19)30-26(28-18)29-21-3-6-23(32-2)24(14-21)34-17-20-7-10-31(16-20)22-4-5-22;1-20-14-5-4-13(17(18)19)8-15(14)21-10-11-6-7-16(9-11)12-2-3-12;1-18-14-5-2-12(16)8-15(14)19-10-11-6-7-17(9-11)13-3-4-13;1-17-11-3-2-10(14(15)16)6-12(11)18-8-9-4-5-13-7-9;1-8-6-10(15-11(12)14-8)13-7-9-2-4-16-5-3-9;1-5-9-8(6-7-8)10-11(2,3)4/h3,6,13-14,19-20,22H,4-5,7-12,15-17H2,1-2H3,(H2,27,28,29,30);4-5,8,11-12H,2-3,6-7,9-10H2,1H3;2,5,8,11,13H,3-4,6-7,9-10,16H2,1H3;2-3,6,9,13H,4-5,7-8H2,1H3;6,9H,2-5,7H2,1H3,(H,13,14,15);5-7H2,1-4H3. The maximum absolute atomic E-state index is 10.8. The Morgan fingerprint density at radius 2 is 0.941 bits per heavy atom. The minimum absolute atomic E-state index is 0.00958. The molecule has 10 aliphatic rings. The Morgan fingerprint density at radius 1 is 0.521 bits per heavy atom. The number of anilines is 5.